The van der Waals surface area contributed by atoms with Crippen LogP contribution in [-0.4, -0.2) is 27.9 Å². The van der Waals surface area contributed by atoms with Crippen molar-refractivity contribution in [2.45, 2.75) is 78.8 Å². The molecule has 26 heavy (non-hydrogen) atoms. The molecule has 0 aliphatic heterocycles. The molecular weight excluding hydrogens is 364 g/mol. The molecule has 0 spiro atoms. The zero-order valence-electron chi connectivity index (χ0n) is 17.1. The molecule has 148 valence electrons. The van der Waals surface area contributed by atoms with Gasteiger partial charge in [-0.05, 0) is 70.0 Å². The normalized spacial score (nSPS) is 11.8. The molecule has 1 aromatic heterocycles. The third-order valence-electron chi connectivity index (χ3n) is 4.95. The van der Waals surface area contributed by atoms with Crippen molar-refractivity contribution in [2.75, 3.05) is 12.4 Å². The van der Waals surface area contributed by atoms with Crippen molar-refractivity contribution in [3.63, 3.8) is 0 Å². The highest BCUT2D eigenvalue weighted by molar-refractivity contribution is 7.99. The van der Waals surface area contributed by atoms with Gasteiger partial charge < -0.3 is 9.30 Å². The maximum atomic E-state index is 12.1. The molecule has 0 unspecified atom stereocenters. The van der Waals surface area contributed by atoms with Crippen molar-refractivity contribution < 1.29 is 9.53 Å². The first-order chi connectivity index (χ1) is 12.2. The van der Waals surface area contributed by atoms with E-state index in [9.17, 15) is 4.79 Å². The number of aryl methyl sites for hydroxylation is 2. The first kappa shape index (κ1) is 23.2. The van der Waals surface area contributed by atoms with Crippen molar-refractivity contribution in [3.8, 4) is 0 Å². The van der Waals surface area contributed by atoms with Crippen molar-refractivity contribution in [2.24, 2.45) is 11.3 Å². The average molecular weight is 399 g/mol. The molecule has 0 aliphatic rings. The van der Waals surface area contributed by atoms with Gasteiger partial charge in [-0.2, -0.15) is 0 Å². The van der Waals surface area contributed by atoms with E-state index in [0.717, 1.165) is 43.0 Å². The topological polar surface area (TPSA) is 44.1 Å². The van der Waals surface area contributed by atoms with Gasteiger partial charge in [0.1, 0.15) is 5.03 Å². The van der Waals surface area contributed by atoms with Gasteiger partial charge in [0.15, 0.2) is 0 Å². The predicted octanol–water partition coefficient (Wildman–Crippen LogP) is 5.82. The summed E-state index contributed by atoms with van der Waals surface area (Å²) in [5.74, 6) is 1.24. The Hall–Kier alpha value is -0.880. The Morgan fingerprint density at radius 3 is 2.58 bits per heavy atom. The summed E-state index contributed by atoms with van der Waals surface area (Å²) < 4.78 is 8.08. The Morgan fingerprint density at radius 1 is 1.31 bits per heavy atom. The summed E-state index contributed by atoms with van der Waals surface area (Å²) in [6.45, 7) is 13.6. The quantitative estimate of drug-likeness (QED) is 0.154. The number of carbonyl (C=O) groups is 1. The van der Waals surface area contributed by atoms with Gasteiger partial charge in [0, 0.05) is 12.7 Å². The van der Waals surface area contributed by atoms with E-state index in [2.05, 4.69) is 38.9 Å². The third kappa shape index (κ3) is 7.03. The summed E-state index contributed by atoms with van der Waals surface area (Å²) in [6.07, 6.45) is 6.37. The lowest BCUT2D eigenvalue weighted by Gasteiger charge is -2.26. The molecule has 1 heterocycles. The maximum Gasteiger partial charge on any atom is 0.311 e. The summed E-state index contributed by atoms with van der Waals surface area (Å²) in [6, 6.07) is 0. The first-order valence-corrected chi connectivity index (χ1v) is 11.0. The number of hydrogen-bond donors (Lipinski definition) is 0. The fourth-order valence-electron chi connectivity index (χ4n) is 2.27. The number of rotatable bonds is 11. The van der Waals surface area contributed by atoms with Gasteiger partial charge in [-0.3, -0.25) is 4.79 Å². The Bertz CT molecular complexity index is 639. The van der Waals surface area contributed by atoms with Crippen LogP contribution in [0, 0.1) is 23.0 Å². The lowest BCUT2D eigenvalue weighted by molar-refractivity contribution is -0.156. The van der Waals surface area contributed by atoms with Crippen LogP contribution in [0.1, 0.15) is 65.9 Å². The zero-order chi connectivity index (χ0) is 19.7. The average Bonchev–Trinajstić information content (AvgIpc) is 2.59. The van der Waals surface area contributed by atoms with Crippen molar-refractivity contribution in [3.05, 3.63) is 16.5 Å². The van der Waals surface area contributed by atoms with E-state index >= 15 is 0 Å². The number of aromatic nitrogens is 2. The molecule has 0 bridgehead atoms. The maximum absolute atomic E-state index is 12.1. The lowest BCUT2D eigenvalue weighted by Crippen LogP contribution is -2.32. The lowest BCUT2D eigenvalue weighted by atomic mass is 9.81. The molecule has 1 rings (SSSR count). The van der Waals surface area contributed by atoms with E-state index in [0.29, 0.717) is 11.4 Å². The Balaban J connectivity index is 2.20. The van der Waals surface area contributed by atoms with Gasteiger partial charge in [0.25, 0.3) is 0 Å². The fourth-order valence-corrected chi connectivity index (χ4v) is 3.57. The minimum Gasteiger partial charge on any atom is -0.465 e. The third-order valence-corrected chi connectivity index (χ3v) is 6.46. The number of ether oxygens (including phenoxy) is 1. The molecular formula is C20H34N2O2S2. The van der Waals surface area contributed by atoms with Crippen molar-refractivity contribution in [1.82, 2.24) is 9.55 Å². The smallest absolute Gasteiger partial charge is 0.311 e. The van der Waals surface area contributed by atoms with Crippen LogP contribution in [0.4, 0.5) is 0 Å². The highest BCUT2D eigenvalue weighted by Gasteiger charge is 2.32. The molecule has 0 saturated heterocycles. The molecule has 0 amide bonds. The van der Waals surface area contributed by atoms with Gasteiger partial charge in [0.2, 0.25) is 4.77 Å². The predicted molar refractivity (Wildman–Crippen MR) is 112 cm³/mol. The van der Waals surface area contributed by atoms with E-state index in [1.807, 2.05) is 18.4 Å². The summed E-state index contributed by atoms with van der Waals surface area (Å²) in [5, 5.41) is 1.05. The highest BCUT2D eigenvalue weighted by Crippen LogP contribution is 2.27. The minimum absolute atomic E-state index is 0.0854. The second-order valence-electron chi connectivity index (χ2n) is 7.57. The number of thioether (sulfide) groups is 1. The van der Waals surface area contributed by atoms with E-state index < -0.39 is 5.41 Å². The van der Waals surface area contributed by atoms with Crippen LogP contribution in [0.3, 0.4) is 0 Å². The Labute approximate surface area is 168 Å². The molecule has 0 radical (unpaired) electrons. The molecule has 0 atom stereocenters. The van der Waals surface area contributed by atoms with Crippen LogP contribution in [0.2, 0.25) is 0 Å². The van der Waals surface area contributed by atoms with Crippen molar-refractivity contribution in [1.29, 1.82) is 0 Å². The van der Waals surface area contributed by atoms with Gasteiger partial charge >= 0.3 is 5.97 Å². The van der Waals surface area contributed by atoms with Gasteiger partial charge in [-0.1, -0.05) is 26.7 Å². The monoisotopic (exact) mass is 398 g/mol. The van der Waals surface area contributed by atoms with Crippen LogP contribution < -0.4 is 0 Å². The second-order valence-corrected chi connectivity index (χ2v) is 9.02. The Morgan fingerprint density at radius 2 is 1.96 bits per heavy atom. The van der Waals surface area contributed by atoms with E-state index in [1.54, 1.807) is 11.8 Å². The number of hydrogen-bond acceptors (Lipinski definition) is 5. The fraction of sp³-hybridized carbons (Fsp3) is 0.750. The van der Waals surface area contributed by atoms with Crippen LogP contribution in [0.15, 0.2) is 11.2 Å². The largest absolute Gasteiger partial charge is 0.465 e. The second kappa shape index (κ2) is 11.1. The van der Waals surface area contributed by atoms with E-state index in [-0.39, 0.29) is 11.9 Å². The van der Waals surface area contributed by atoms with Gasteiger partial charge in [-0.15, -0.1) is 11.8 Å². The number of unbranched alkanes of at least 4 members (excludes halogenated alkanes) is 3. The summed E-state index contributed by atoms with van der Waals surface area (Å²) in [4.78, 5) is 16.6. The SMILES string of the molecule is CCn1cc(C)c(SCCCCCCOC(=O)C(C)(C)C(C)C)nc1=S. The molecule has 0 saturated carbocycles. The van der Waals surface area contributed by atoms with E-state index in [1.165, 1.54) is 5.56 Å². The minimum atomic E-state index is -0.406. The first-order valence-electron chi connectivity index (χ1n) is 9.58. The molecule has 6 heteroatoms. The van der Waals surface area contributed by atoms with Crippen LogP contribution in [0.25, 0.3) is 0 Å². The molecule has 0 N–H and O–H groups in total. The summed E-state index contributed by atoms with van der Waals surface area (Å²) >= 11 is 7.09. The number of carbonyl (C=O) groups excluding carboxylic acids is 1. The zero-order valence-corrected chi connectivity index (χ0v) is 18.8. The summed E-state index contributed by atoms with van der Waals surface area (Å²) in [7, 11) is 0. The van der Waals surface area contributed by atoms with Crippen molar-refractivity contribution >= 4 is 29.9 Å². The number of esters is 1. The summed E-state index contributed by atoms with van der Waals surface area (Å²) in [5.41, 5.74) is 0.779. The standard InChI is InChI=1S/C20H34N2O2S2/c1-7-22-14-16(4)17(21-19(22)25)26-13-11-9-8-10-12-24-18(23)20(5,6)15(2)3/h14-15H,7-13H2,1-6H3. The highest BCUT2D eigenvalue weighted by atomic mass is 32.2. The van der Waals surface area contributed by atoms with E-state index in [4.69, 9.17) is 17.0 Å². The van der Waals surface area contributed by atoms with Gasteiger partial charge in [0.05, 0.1) is 12.0 Å². The van der Waals surface area contributed by atoms with Gasteiger partial charge in [-0.25, -0.2) is 4.98 Å². The van der Waals surface area contributed by atoms with Crippen LogP contribution in [-0.2, 0) is 16.1 Å². The van der Waals surface area contributed by atoms with Crippen LogP contribution in [0.5, 0.6) is 0 Å². The van der Waals surface area contributed by atoms with Crippen LogP contribution >= 0.6 is 24.0 Å². The molecule has 0 fully saturated rings. The molecule has 4 nitrogen and oxygen atoms in total. The Kier molecular flexibility index (Phi) is 9.86. The number of nitrogens with zero attached hydrogens (tertiary/aromatic N) is 2. The molecule has 1 aromatic rings. The molecule has 0 aliphatic carbocycles. The molecule has 0 aromatic carbocycles.